The van der Waals surface area contributed by atoms with Gasteiger partial charge in [0, 0.05) is 12.4 Å². The molecule has 1 atom stereocenters. The fraction of sp³-hybridized carbons (Fsp3) is 0.238. The maximum atomic E-state index is 12.9. The second-order valence-electron chi connectivity index (χ2n) is 6.11. The number of carbonyl (C=O) groups excluding carboxylic acids is 1. The van der Waals surface area contributed by atoms with Crippen molar-refractivity contribution in [2.24, 2.45) is 0 Å². The summed E-state index contributed by atoms with van der Waals surface area (Å²) in [7, 11) is 0. The maximum Gasteiger partial charge on any atom is 0.316 e. The van der Waals surface area contributed by atoms with Crippen LogP contribution in [0.2, 0.25) is 0 Å². The predicted molar refractivity (Wildman–Crippen MR) is 95.9 cm³/mol. The van der Waals surface area contributed by atoms with Gasteiger partial charge >= 0.3 is 5.97 Å². The van der Waals surface area contributed by atoms with E-state index in [1.165, 1.54) is 0 Å². The third-order valence-electron chi connectivity index (χ3n) is 4.42. The minimum absolute atomic E-state index is 0.196. The monoisotopic (exact) mass is 319 g/mol. The Hall–Kier alpha value is -2.68. The Kier molecular flexibility index (Phi) is 4.61. The Bertz CT molecular complexity index is 839. The Balaban J connectivity index is 2.15. The fourth-order valence-corrected chi connectivity index (χ4v) is 3.18. The first-order chi connectivity index (χ1) is 11.6. The summed E-state index contributed by atoms with van der Waals surface area (Å²) in [5, 5.41) is 2.21. The molecule has 2 aromatic carbocycles. The number of pyridine rings is 1. The van der Waals surface area contributed by atoms with Crippen LogP contribution < -0.4 is 0 Å². The molecule has 1 aromatic heterocycles. The molecule has 3 aromatic rings. The number of nitrogens with zero attached hydrogens (tertiary/aromatic N) is 1. The Morgan fingerprint density at radius 3 is 2.50 bits per heavy atom. The first-order valence-corrected chi connectivity index (χ1v) is 8.19. The highest BCUT2D eigenvalue weighted by Gasteiger charge is 2.38. The van der Waals surface area contributed by atoms with Crippen LogP contribution in [0.3, 0.4) is 0 Å². The van der Waals surface area contributed by atoms with Gasteiger partial charge < -0.3 is 4.74 Å². The second kappa shape index (κ2) is 6.83. The van der Waals surface area contributed by atoms with Crippen LogP contribution in [-0.2, 0) is 21.4 Å². The van der Waals surface area contributed by atoms with Crippen molar-refractivity contribution in [1.29, 1.82) is 0 Å². The molecule has 0 radical (unpaired) electrons. The lowest BCUT2D eigenvalue weighted by Crippen LogP contribution is -2.37. The van der Waals surface area contributed by atoms with Gasteiger partial charge in [0.25, 0.3) is 0 Å². The number of esters is 1. The summed E-state index contributed by atoms with van der Waals surface area (Å²) < 4.78 is 5.43. The summed E-state index contributed by atoms with van der Waals surface area (Å²) in [6.45, 7) is 4.18. The maximum absolute atomic E-state index is 12.9. The van der Waals surface area contributed by atoms with Crippen LogP contribution in [0.15, 0.2) is 67.0 Å². The van der Waals surface area contributed by atoms with Gasteiger partial charge in [-0.15, -0.1) is 0 Å². The Labute approximate surface area is 142 Å². The van der Waals surface area contributed by atoms with Crippen molar-refractivity contribution in [3.05, 3.63) is 78.1 Å². The first kappa shape index (κ1) is 16.2. The van der Waals surface area contributed by atoms with E-state index in [9.17, 15) is 4.79 Å². The summed E-state index contributed by atoms with van der Waals surface area (Å²) >= 11 is 0. The summed E-state index contributed by atoms with van der Waals surface area (Å²) in [5.41, 5.74) is 1.31. The van der Waals surface area contributed by atoms with Gasteiger partial charge in [0.1, 0.15) is 0 Å². The molecule has 0 aliphatic carbocycles. The van der Waals surface area contributed by atoms with Gasteiger partial charge in [-0.3, -0.25) is 9.78 Å². The number of fused-ring (bicyclic) bond motifs is 1. The van der Waals surface area contributed by atoms with E-state index in [1.807, 2.05) is 50.2 Å². The number of aromatic nitrogens is 1. The minimum atomic E-state index is -0.752. The Morgan fingerprint density at radius 2 is 1.75 bits per heavy atom. The Morgan fingerprint density at radius 1 is 1.04 bits per heavy atom. The molecule has 1 heterocycles. The van der Waals surface area contributed by atoms with Crippen LogP contribution >= 0.6 is 0 Å². The van der Waals surface area contributed by atoms with E-state index in [1.54, 1.807) is 12.4 Å². The zero-order valence-electron chi connectivity index (χ0n) is 14.0. The van der Waals surface area contributed by atoms with E-state index in [4.69, 9.17) is 4.74 Å². The molecule has 0 aliphatic rings. The summed E-state index contributed by atoms with van der Waals surface area (Å²) in [4.78, 5) is 16.9. The van der Waals surface area contributed by atoms with Crippen LogP contribution in [0.25, 0.3) is 10.8 Å². The fourth-order valence-electron chi connectivity index (χ4n) is 3.18. The average molecular weight is 319 g/mol. The molecule has 3 nitrogen and oxygen atoms in total. The minimum Gasteiger partial charge on any atom is -0.465 e. The zero-order valence-corrected chi connectivity index (χ0v) is 14.0. The molecule has 0 N–H and O–H groups in total. The van der Waals surface area contributed by atoms with Crippen LogP contribution in [0.1, 0.15) is 25.0 Å². The molecule has 24 heavy (non-hydrogen) atoms. The summed E-state index contributed by atoms with van der Waals surface area (Å²) in [6.07, 6.45) is 4.08. The molecule has 0 saturated heterocycles. The van der Waals surface area contributed by atoms with Crippen molar-refractivity contribution in [3.8, 4) is 0 Å². The van der Waals surface area contributed by atoms with E-state index in [2.05, 4.69) is 23.2 Å². The highest BCUT2D eigenvalue weighted by Crippen LogP contribution is 2.34. The topological polar surface area (TPSA) is 39.2 Å². The van der Waals surface area contributed by atoms with Gasteiger partial charge in [0.15, 0.2) is 0 Å². The van der Waals surface area contributed by atoms with Crippen molar-refractivity contribution in [2.75, 3.05) is 6.61 Å². The first-order valence-electron chi connectivity index (χ1n) is 8.19. The second-order valence-corrected chi connectivity index (χ2v) is 6.11. The van der Waals surface area contributed by atoms with Crippen molar-refractivity contribution in [1.82, 2.24) is 4.98 Å². The van der Waals surface area contributed by atoms with Crippen LogP contribution in [0.5, 0.6) is 0 Å². The predicted octanol–water partition coefficient (Wildman–Crippen LogP) is 4.30. The van der Waals surface area contributed by atoms with E-state index >= 15 is 0 Å². The molecule has 0 saturated carbocycles. The third-order valence-corrected chi connectivity index (χ3v) is 4.42. The molecule has 0 amide bonds. The lowest BCUT2D eigenvalue weighted by atomic mass is 9.75. The van der Waals surface area contributed by atoms with Crippen LogP contribution in [0, 0.1) is 0 Å². The quantitative estimate of drug-likeness (QED) is 0.658. The average Bonchev–Trinajstić information content (AvgIpc) is 2.62. The molecule has 3 rings (SSSR count). The van der Waals surface area contributed by atoms with E-state index < -0.39 is 5.41 Å². The summed E-state index contributed by atoms with van der Waals surface area (Å²) in [6, 6.07) is 18.1. The number of rotatable bonds is 5. The number of hydrogen-bond acceptors (Lipinski definition) is 3. The van der Waals surface area contributed by atoms with Crippen molar-refractivity contribution in [2.45, 2.75) is 25.7 Å². The number of carbonyl (C=O) groups is 1. The van der Waals surface area contributed by atoms with Crippen LogP contribution in [-0.4, -0.2) is 17.6 Å². The van der Waals surface area contributed by atoms with E-state index in [0.29, 0.717) is 13.0 Å². The van der Waals surface area contributed by atoms with Gasteiger partial charge in [-0.05, 0) is 54.3 Å². The van der Waals surface area contributed by atoms with Gasteiger partial charge in [-0.2, -0.15) is 0 Å². The number of ether oxygens (including phenoxy) is 1. The number of benzene rings is 2. The normalized spacial score (nSPS) is 13.4. The van der Waals surface area contributed by atoms with Crippen molar-refractivity contribution < 1.29 is 9.53 Å². The number of hydrogen-bond donors (Lipinski definition) is 0. The molecule has 3 heteroatoms. The van der Waals surface area contributed by atoms with Crippen molar-refractivity contribution >= 4 is 16.7 Å². The lowest BCUT2D eigenvalue weighted by Gasteiger charge is -2.29. The molecule has 0 bridgehead atoms. The molecular formula is C21H21NO2. The molecule has 0 aliphatic heterocycles. The largest absolute Gasteiger partial charge is 0.465 e. The van der Waals surface area contributed by atoms with Gasteiger partial charge in [0.2, 0.25) is 0 Å². The molecular weight excluding hydrogens is 298 g/mol. The smallest absolute Gasteiger partial charge is 0.316 e. The summed E-state index contributed by atoms with van der Waals surface area (Å²) in [5.74, 6) is -0.196. The lowest BCUT2D eigenvalue weighted by molar-refractivity contribution is -0.149. The van der Waals surface area contributed by atoms with Gasteiger partial charge in [-0.1, -0.05) is 42.5 Å². The standard InChI is InChI=1S/C21H21NO2/c1-3-24-20(23)21(2,15-16-11-13-22-14-12-16)19-10-6-8-17-7-4-5-9-18(17)19/h4-14H,3,15H2,1-2H3. The van der Waals surface area contributed by atoms with E-state index in [-0.39, 0.29) is 5.97 Å². The molecule has 0 fully saturated rings. The van der Waals surface area contributed by atoms with Gasteiger partial charge in [-0.25, -0.2) is 0 Å². The van der Waals surface area contributed by atoms with Crippen molar-refractivity contribution in [3.63, 3.8) is 0 Å². The third kappa shape index (κ3) is 3.02. The highest BCUT2D eigenvalue weighted by molar-refractivity contribution is 5.93. The molecule has 1 unspecified atom stereocenters. The highest BCUT2D eigenvalue weighted by atomic mass is 16.5. The van der Waals surface area contributed by atoms with Crippen LogP contribution in [0.4, 0.5) is 0 Å². The zero-order chi connectivity index (χ0) is 17.0. The molecule has 0 spiro atoms. The SMILES string of the molecule is CCOC(=O)C(C)(Cc1ccncc1)c1cccc2ccccc12. The molecule has 122 valence electrons. The van der Waals surface area contributed by atoms with Gasteiger partial charge in [0.05, 0.1) is 12.0 Å². The van der Waals surface area contributed by atoms with E-state index in [0.717, 1.165) is 21.9 Å².